The number of amides is 1. The largest absolute Gasteiger partial charge is 0.329 e. The van der Waals surface area contributed by atoms with E-state index in [1.807, 2.05) is 31.2 Å². The van der Waals surface area contributed by atoms with Gasteiger partial charge in [-0.05, 0) is 45.4 Å². The van der Waals surface area contributed by atoms with Gasteiger partial charge in [0.15, 0.2) is 0 Å². The minimum absolute atomic E-state index is 0.00859. The monoisotopic (exact) mass is 277 g/mol. The van der Waals surface area contributed by atoms with Crippen molar-refractivity contribution in [1.29, 1.82) is 0 Å². The van der Waals surface area contributed by atoms with Crippen molar-refractivity contribution in [3.05, 3.63) is 29.8 Å². The van der Waals surface area contributed by atoms with Gasteiger partial charge < -0.3 is 11.1 Å². The van der Waals surface area contributed by atoms with Crippen LogP contribution in [0.2, 0.25) is 0 Å². The first-order chi connectivity index (χ1) is 9.40. The van der Waals surface area contributed by atoms with Gasteiger partial charge in [-0.2, -0.15) is 0 Å². The van der Waals surface area contributed by atoms with Crippen LogP contribution in [-0.2, 0) is 4.79 Å². The molecule has 0 spiro atoms. The molecule has 0 saturated heterocycles. The fourth-order valence-corrected chi connectivity index (χ4v) is 2.07. The smallest absolute Gasteiger partial charge is 0.238 e. The summed E-state index contributed by atoms with van der Waals surface area (Å²) >= 11 is 0. The van der Waals surface area contributed by atoms with Gasteiger partial charge in [0.25, 0.3) is 0 Å². The number of nitrogens with one attached hydrogen (secondary N) is 1. The van der Waals surface area contributed by atoms with Crippen molar-refractivity contribution in [2.75, 3.05) is 25.0 Å². The molecule has 20 heavy (non-hydrogen) atoms. The van der Waals surface area contributed by atoms with Crippen LogP contribution in [0.3, 0.4) is 0 Å². The van der Waals surface area contributed by atoms with Crippen molar-refractivity contribution >= 4 is 11.6 Å². The van der Waals surface area contributed by atoms with Crippen LogP contribution in [0.15, 0.2) is 24.3 Å². The number of anilines is 1. The lowest BCUT2D eigenvalue weighted by molar-refractivity contribution is -0.118. The second-order valence-electron chi connectivity index (χ2n) is 5.80. The third kappa shape index (κ3) is 4.62. The summed E-state index contributed by atoms with van der Waals surface area (Å²) in [6.07, 6.45) is 1.00. The molecule has 112 valence electrons. The van der Waals surface area contributed by atoms with Gasteiger partial charge >= 0.3 is 0 Å². The maximum Gasteiger partial charge on any atom is 0.238 e. The van der Waals surface area contributed by atoms with Crippen molar-refractivity contribution in [2.45, 2.75) is 39.7 Å². The lowest BCUT2D eigenvalue weighted by atomic mass is 10.0. The topological polar surface area (TPSA) is 58.4 Å². The van der Waals surface area contributed by atoms with Crippen LogP contribution in [-0.4, -0.2) is 36.0 Å². The summed E-state index contributed by atoms with van der Waals surface area (Å²) in [4.78, 5) is 14.4. The number of nitrogens with zero attached hydrogens (tertiary/aromatic N) is 1. The van der Waals surface area contributed by atoms with E-state index < -0.39 is 0 Å². The summed E-state index contributed by atoms with van der Waals surface area (Å²) in [6, 6.07) is 7.80. The fraction of sp³-hybridized carbons (Fsp3) is 0.562. The first-order valence-electron chi connectivity index (χ1n) is 7.21. The Kier molecular flexibility index (Phi) is 6.17. The standard InChI is InChI=1S/C16H27N3O/c1-5-10-19(16(3,4)12-17)11-15(20)18-14-9-7-6-8-13(14)2/h6-9H,5,10-12,17H2,1-4H3,(H,18,20). The van der Waals surface area contributed by atoms with E-state index in [0.29, 0.717) is 13.1 Å². The van der Waals surface area contributed by atoms with Crippen molar-refractivity contribution in [3.8, 4) is 0 Å². The summed E-state index contributed by atoms with van der Waals surface area (Å²) in [5.74, 6) is 0.00859. The molecule has 0 aliphatic carbocycles. The molecule has 0 aliphatic heterocycles. The predicted octanol–water partition coefficient (Wildman–Crippen LogP) is 2.38. The minimum atomic E-state index is -0.168. The van der Waals surface area contributed by atoms with Crippen LogP contribution < -0.4 is 11.1 Å². The number of aryl methyl sites for hydroxylation is 1. The molecule has 0 bridgehead atoms. The molecular formula is C16H27N3O. The van der Waals surface area contributed by atoms with E-state index in [1.165, 1.54) is 0 Å². The maximum absolute atomic E-state index is 12.2. The molecule has 0 fully saturated rings. The number of hydrogen-bond acceptors (Lipinski definition) is 3. The Hall–Kier alpha value is -1.39. The van der Waals surface area contributed by atoms with Gasteiger partial charge in [-0.15, -0.1) is 0 Å². The molecule has 0 atom stereocenters. The second-order valence-corrected chi connectivity index (χ2v) is 5.80. The molecule has 0 aromatic heterocycles. The number of nitrogens with two attached hydrogens (primary N) is 1. The van der Waals surface area contributed by atoms with Crippen molar-refractivity contribution in [3.63, 3.8) is 0 Å². The number of para-hydroxylation sites is 1. The normalized spacial score (nSPS) is 11.7. The Morgan fingerprint density at radius 1 is 1.35 bits per heavy atom. The van der Waals surface area contributed by atoms with Crippen molar-refractivity contribution in [1.82, 2.24) is 4.90 Å². The molecule has 0 saturated carbocycles. The second kappa shape index (κ2) is 7.41. The van der Waals surface area contributed by atoms with Crippen LogP contribution in [0.5, 0.6) is 0 Å². The highest BCUT2D eigenvalue weighted by Gasteiger charge is 2.26. The van der Waals surface area contributed by atoms with Crippen LogP contribution in [0.1, 0.15) is 32.8 Å². The highest BCUT2D eigenvalue weighted by Crippen LogP contribution is 2.15. The van der Waals surface area contributed by atoms with E-state index in [0.717, 1.165) is 24.2 Å². The molecule has 0 aliphatic rings. The molecule has 1 amide bonds. The summed E-state index contributed by atoms with van der Waals surface area (Å²) in [7, 11) is 0. The average Bonchev–Trinajstić information content (AvgIpc) is 2.41. The zero-order valence-electron chi connectivity index (χ0n) is 13.1. The summed E-state index contributed by atoms with van der Waals surface area (Å²) in [5, 5.41) is 2.97. The van der Waals surface area contributed by atoms with Crippen LogP contribution >= 0.6 is 0 Å². The number of carbonyl (C=O) groups excluding carboxylic acids is 1. The van der Waals surface area contributed by atoms with Gasteiger partial charge in [0.05, 0.1) is 6.54 Å². The lowest BCUT2D eigenvalue weighted by Crippen LogP contribution is -2.52. The van der Waals surface area contributed by atoms with E-state index in [1.54, 1.807) is 0 Å². The highest BCUT2D eigenvalue weighted by molar-refractivity contribution is 5.93. The molecule has 4 heteroatoms. The summed E-state index contributed by atoms with van der Waals surface area (Å²) in [6.45, 7) is 10.0. The quantitative estimate of drug-likeness (QED) is 0.804. The molecule has 1 aromatic carbocycles. The van der Waals surface area contributed by atoms with Gasteiger partial charge in [-0.25, -0.2) is 0 Å². The molecule has 4 nitrogen and oxygen atoms in total. The molecule has 0 heterocycles. The third-order valence-corrected chi connectivity index (χ3v) is 3.60. The van der Waals surface area contributed by atoms with Crippen LogP contribution in [0, 0.1) is 6.92 Å². The summed E-state index contributed by atoms with van der Waals surface area (Å²) < 4.78 is 0. The zero-order valence-corrected chi connectivity index (χ0v) is 13.1. The Labute approximate surface area is 122 Å². The van der Waals surface area contributed by atoms with Crippen LogP contribution in [0.4, 0.5) is 5.69 Å². The average molecular weight is 277 g/mol. The Morgan fingerprint density at radius 3 is 2.55 bits per heavy atom. The van der Waals surface area contributed by atoms with E-state index in [2.05, 4.69) is 31.0 Å². The predicted molar refractivity (Wildman–Crippen MR) is 84.8 cm³/mol. The number of benzene rings is 1. The number of hydrogen-bond donors (Lipinski definition) is 2. The van der Waals surface area contributed by atoms with E-state index in [9.17, 15) is 4.79 Å². The van der Waals surface area contributed by atoms with E-state index >= 15 is 0 Å². The van der Waals surface area contributed by atoms with E-state index in [4.69, 9.17) is 5.73 Å². The lowest BCUT2D eigenvalue weighted by Gasteiger charge is -2.37. The van der Waals surface area contributed by atoms with Gasteiger partial charge in [0.2, 0.25) is 5.91 Å². The van der Waals surface area contributed by atoms with Gasteiger partial charge in [-0.3, -0.25) is 9.69 Å². The maximum atomic E-state index is 12.2. The van der Waals surface area contributed by atoms with E-state index in [-0.39, 0.29) is 11.4 Å². The zero-order chi connectivity index (χ0) is 15.2. The van der Waals surface area contributed by atoms with Crippen molar-refractivity contribution < 1.29 is 4.79 Å². The van der Waals surface area contributed by atoms with Crippen molar-refractivity contribution in [2.24, 2.45) is 5.73 Å². The fourth-order valence-electron chi connectivity index (χ4n) is 2.07. The SMILES string of the molecule is CCCN(CC(=O)Nc1ccccc1C)C(C)(C)CN. The highest BCUT2D eigenvalue weighted by atomic mass is 16.2. The molecule has 1 rings (SSSR count). The summed E-state index contributed by atoms with van der Waals surface area (Å²) in [5.41, 5.74) is 7.59. The first-order valence-corrected chi connectivity index (χ1v) is 7.21. The molecule has 1 aromatic rings. The van der Waals surface area contributed by atoms with Gasteiger partial charge in [-0.1, -0.05) is 25.1 Å². The Bertz CT molecular complexity index is 443. The Morgan fingerprint density at radius 2 is 2.00 bits per heavy atom. The number of rotatable bonds is 7. The van der Waals surface area contributed by atoms with Gasteiger partial charge in [0.1, 0.15) is 0 Å². The Balaban J connectivity index is 2.70. The first kappa shape index (κ1) is 16.7. The number of carbonyl (C=O) groups is 1. The minimum Gasteiger partial charge on any atom is -0.329 e. The molecule has 3 N–H and O–H groups in total. The van der Waals surface area contributed by atoms with Gasteiger partial charge in [0, 0.05) is 17.8 Å². The van der Waals surface area contributed by atoms with Crippen LogP contribution in [0.25, 0.3) is 0 Å². The molecular weight excluding hydrogens is 250 g/mol. The molecule has 0 unspecified atom stereocenters. The third-order valence-electron chi connectivity index (χ3n) is 3.60. The molecule has 0 radical (unpaired) electrons.